The second kappa shape index (κ2) is 8.63. The fourth-order valence-electron chi connectivity index (χ4n) is 3.48. The maximum atomic E-state index is 12.5. The number of aliphatic hydroxyl groups is 1. The number of nitrogens with zero attached hydrogens (tertiary/aromatic N) is 1. The second-order valence-electron chi connectivity index (χ2n) is 6.84. The van der Waals surface area contributed by atoms with Gasteiger partial charge in [0.15, 0.2) is 17.3 Å². The van der Waals surface area contributed by atoms with Crippen LogP contribution in [0.1, 0.15) is 31.2 Å². The number of carbonyl (C=O) groups excluding carboxylic acids is 1. The summed E-state index contributed by atoms with van der Waals surface area (Å²) in [6.45, 7) is 2.67. The molecule has 148 valence electrons. The van der Waals surface area contributed by atoms with Gasteiger partial charge in [-0.15, -0.1) is 0 Å². The van der Waals surface area contributed by atoms with Crippen LogP contribution >= 0.6 is 0 Å². The number of aliphatic hydroxyl groups excluding tert-OH is 1. The summed E-state index contributed by atoms with van der Waals surface area (Å²) < 4.78 is 22.7. The molecule has 0 fully saturated rings. The fourth-order valence-corrected chi connectivity index (χ4v) is 3.48. The van der Waals surface area contributed by atoms with Crippen LogP contribution in [0.25, 0.3) is 0 Å². The van der Waals surface area contributed by atoms with E-state index in [2.05, 4.69) is 0 Å². The highest BCUT2D eigenvalue weighted by Crippen LogP contribution is 2.42. The van der Waals surface area contributed by atoms with Crippen molar-refractivity contribution in [2.45, 2.75) is 32.0 Å². The number of hydrogen-bond acceptors (Lipinski definition) is 6. The molecular formula is C20H27NO6. The van der Waals surface area contributed by atoms with Gasteiger partial charge in [0.1, 0.15) is 0 Å². The van der Waals surface area contributed by atoms with Crippen molar-refractivity contribution in [3.63, 3.8) is 0 Å². The molecule has 0 saturated carbocycles. The number of hydrogen-bond donors (Lipinski definition) is 1. The van der Waals surface area contributed by atoms with Gasteiger partial charge in [0.05, 0.1) is 0 Å². The van der Waals surface area contributed by atoms with E-state index in [-0.39, 0.29) is 36.9 Å². The van der Waals surface area contributed by atoms with Gasteiger partial charge in [-0.25, -0.2) is 0 Å². The molecule has 2 heterocycles. The first-order valence-electron chi connectivity index (χ1n) is 9.27. The highest BCUT2D eigenvalue weighted by Gasteiger charge is 2.38. The largest absolute Gasteiger partial charge is 0.459 e. The molecule has 2 aliphatic heterocycles. The minimum Gasteiger partial charge on any atom is -0.459 e. The van der Waals surface area contributed by atoms with Gasteiger partial charge >= 0.3 is 0 Å². The topological polar surface area (TPSA) is 77.5 Å². The Bertz CT molecular complexity index is 702. The molecule has 1 aromatic rings. The van der Waals surface area contributed by atoms with Crippen LogP contribution < -0.4 is 9.47 Å². The Hall–Kier alpha value is -2.25. The normalized spacial score (nSPS) is 23.6. The molecule has 1 aromatic carbocycles. The van der Waals surface area contributed by atoms with Crippen LogP contribution in [0.2, 0.25) is 0 Å². The van der Waals surface area contributed by atoms with Crippen molar-refractivity contribution >= 4 is 5.91 Å². The first-order chi connectivity index (χ1) is 13.0. The SMILES string of the molecule is CCO[C@H]1OC(C(=O)N(C)C)=C[C@@H](c2ccc3c(c2)OCO3)[C@H]1CCCO. The van der Waals surface area contributed by atoms with E-state index in [0.29, 0.717) is 30.9 Å². The molecular weight excluding hydrogens is 350 g/mol. The van der Waals surface area contributed by atoms with Gasteiger partial charge < -0.3 is 29.0 Å². The van der Waals surface area contributed by atoms with E-state index in [9.17, 15) is 9.90 Å². The molecule has 0 saturated heterocycles. The molecule has 0 aromatic heterocycles. The molecule has 0 aliphatic carbocycles. The highest BCUT2D eigenvalue weighted by atomic mass is 16.7. The number of carbonyl (C=O) groups is 1. The zero-order valence-electron chi connectivity index (χ0n) is 16.0. The summed E-state index contributed by atoms with van der Waals surface area (Å²) in [5.41, 5.74) is 0.999. The minimum absolute atomic E-state index is 0.0313. The average Bonchev–Trinajstić information content (AvgIpc) is 3.13. The summed E-state index contributed by atoms with van der Waals surface area (Å²) in [5.74, 6) is 1.35. The smallest absolute Gasteiger partial charge is 0.288 e. The Morgan fingerprint density at radius 3 is 2.78 bits per heavy atom. The standard InChI is InChI=1S/C20H27NO6/c1-4-24-20-14(6-5-9-22)15(11-18(27-20)19(23)21(2)3)13-7-8-16-17(10-13)26-12-25-16/h7-8,10-11,14-15,20,22H,4-6,9,12H2,1-3H3/t14-,15+,20+/m1/s1. The van der Waals surface area contributed by atoms with Crippen LogP contribution in [0, 0.1) is 5.92 Å². The van der Waals surface area contributed by atoms with E-state index in [4.69, 9.17) is 18.9 Å². The van der Waals surface area contributed by atoms with Crippen molar-refractivity contribution in [3.05, 3.63) is 35.6 Å². The van der Waals surface area contributed by atoms with Gasteiger partial charge in [-0.1, -0.05) is 6.07 Å². The Balaban J connectivity index is 1.99. The number of amides is 1. The van der Waals surface area contributed by atoms with Crippen molar-refractivity contribution in [1.82, 2.24) is 4.90 Å². The highest BCUT2D eigenvalue weighted by molar-refractivity contribution is 5.91. The predicted molar refractivity (Wildman–Crippen MR) is 98.4 cm³/mol. The zero-order valence-corrected chi connectivity index (χ0v) is 16.0. The van der Waals surface area contributed by atoms with Crippen LogP contribution in [-0.4, -0.2) is 56.3 Å². The molecule has 3 atom stereocenters. The van der Waals surface area contributed by atoms with Gasteiger partial charge in [0.25, 0.3) is 5.91 Å². The van der Waals surface area contributed by atoms with Crippen molar-refractivity contribution in [2.75, 3.05) is 34.1 Å². The first kappa shape index (κ1) is 19.5. The van der Waals surface area contributed by atoms with Crippen LogP contribution in [-0.2, 0) is 14.3 Å². The van der Waals surface area contributed by atoms with E-state index >= 15 is 0 Å². The number of rotatable bonds is 7. The van der Waals surface area contributed by atoms with E-state index in [1.165, 1.54) is 4.90 Å². The lowest BCUT2D eigenvalue weighted by molar-refractivity contribution is -0.169. The molecule has 0 bridgehead atoms. The Labute approximate surface area is 159 Å². The van der Waals surface area contributed by atoms with E-state index in [0.717, 1.165) is 5.56 Å². The molecule has 0 unspecified atom stereocenters. The van der Waals surface area contributed by atoms with Crippen LogP contribution in [0.3, 0.4) is 0 Å². The molecule has 0 radical (unpaired) electrons. The molecule has 1 amide bonds. The van der Waals surface area contributed by atoms with Crippen molar-refractivity contribution in [1.29, 1.82) is 0 Å². The van der Waals surface area contributed by atoms with Gasteiger partial charge in [0, 0.05) is 39.1 Å². The van der Waals surface area contributed by atoms with Gasteiger partial charge in [-0.2, -0.15) is 0 Å². The molecule has 2 aliphatic rings. The van der Waals surface area contributed by atoms with Crippen molar-refractivity contribution in [2.24, 2.45) is 5.92 Å². The summed E-state index contributed by atoms with van der Waals surface area (Å²) in [6, 6.07) is 5.81. The summed E-state index contributed by atoms with van der Waals surface area (Å²) >= 11 is 0. The third-order valence-electron chi connectivity index (χ3n) is 4.81. The Morgan fingerprint density at radius 2 is 2.07 bits per heavy atom. The maximum Gasteiger partial charge on any atom is 0.288 e. The monoisotopic (exact) mass is 377 g/mol. The van der Waals surface area contributed by atoms with E-state index in [1.54, 1.807) is 14.1 Å². The number of ether oxygens (including phenoxy) is 4. The van der Waals surface area contributed by atoms with Crippen LogP contribution in [0.5, 0.6) is 11.5 Å². The Kier molecular flexibility index (Phi) is 6.23. The average molecular weight is 377 g/mol. The summed E-state index contributed by atoms with van der Waals surface area (Å²) in [5, 5.41) is 9.32. The van der Waals surface area contributed by atoms with Crippen molar-refractivity contribution < 1.29 is 28.8 Å². The summed E-state index contributed by atoms with van der Waals surface area (Å²) in [6.07, 6.45) is 2.64. The third-order valence-corrected chi connectivity index (χ3v) is 4.81. The number of allylic oxidation sites excluding steroid dienone is 1. The van der Waals surface area contributed by atoms with E-state index in [1.807, 2.05) is 31.2 Å². The molecule has 7 heteroatoms. The number of benzene rings is 1. The summed E-state index contributed by atoms with van der Waals surface area (Å²) in [4.78, 5) is 14.0. The lowest BCUT2D eigenvalue weighted by atomic mass is 9.80. The minimum atomic E-state index is -0.555. The molecule has 7 nitrogen and oxygen atoms in total. The van der Waals surface area contributed by atoms with Crippen LogP contribution in [0.4, 0.5) is 0 Å². The van der Waals surface area contributed by atoms with Crippen molar-refractivity contribution in [3.8, 4) is 11.5 Å². The molecule has 1 N–H and O–H groups in total. The predicted octanol–water partition coefficient (Wildman–Crippen LogP) is 2.25. The molecule has 3 rings (SSSR count). The fraction of sp³-hybridized carbons (Fsp3) is 0.550. The molecule has 0 spiro atoms. The maximum absolute atomic E-state index is 12.5. The number of likely N-dealkylation sites (N-methyl/N-ethyl adjacent to an activating group) is 1. The first-order valence-corrected chi connectivity index (χ1v) is 9.27. The van der Waals surface area contributed by atoms with Gasteiger partial charge in [-0.3, -0.25) is 4.79 Å². The Morgan fingerprint density at radius 1 is 1.30 bits per heavy atom. The van der Waals surface area contributed by atoms with E-state index < -0.39 is 6.29 Å². The third kappa shape index (κ3) is 4.20. The summed E-state index contributed by atoms with van der Waals surface area (Å²) in [7, 11) is 3.38. The van der Waals surface area contributed by atoms with Gasteiger partial charge in [-0.05, 0) is 43.5 Å². The van der Waals surface area contributed by atoms with Gasteiger partial charge in [0.2, 0.25) is 13.1 Å². The number of fused-ring (bicyclic) bond motifs is 1. The lowest BCUT2D eigenvalue weighted by Crippen LogP contribution is -2.38. The lowest BCUT2D eigenvalue weighted by Gasteiger charge is -2.37. The molecule has 27 heavy (non-hydrogen) atoms. The second-order valence-corrected chi connectivity index (χ2v) is 6.84. The zero-order chi connectivity index (χ0) is 19.4. The van der Waals surface area contributed by atoms with Crippen LogP contribution in [0.15, 0.2) is 30.0 Å². The quantitative estimate of drug-likeness (QED) is 0.785.